The molecule has 1 aliphatic carbocycles. The number of benzene rings is 2. The molecule has 4 nitrogen and oxygen atoms in total. The lowest BCUT2D eigenvalue weighted by molar-refractivity contribution is 0.415. The topological polar surface area (TPSA) is 47.0 Å². The van der Waals surface area contributed by atoms with E-state index in [2.05, 4.69) is 17.4 Å². The zero-order valence-electron chi connectivity index (χ0n) is 14.5. The Labute approximate surface area is 148 Å². The van der Waals surface area contributed by atoms with E-state index >= 15 is 0 Å². The minimum atomic E-state index is 0.510. The van der Waals surface area contributed by atoms with Crippen molar-refractivity contribution in [2.24, 2.45) is 0 Å². The standard InChI is InChI=1S/C21H23N3O/c1-25-17-13-11-15(12-14-17)20-23-19-10-6-5-9-18(19)21(24-20)22-16-7-3-2-4-8-16/h5-6,9-14,16H,2-4,7-8H2,1H3,(H,22,23,24). The van der Waals surface area contributed by atoms with Gasteiger partial charge in [-0.3, -0.25) is 0 Å². The molecule has 1 saturated carbocycles. The third kappa shape index (κ3) is 3.43. The SMILES string of the molecule is COc1ccc(-c2nc(NC3CCCCC3)c3ccccc3n2)cc1. The second kappa shape index (κ2) is 7.09. The van der Waals surface area contributed by atoms with Gasteiger partial charge in [0.05, 0.1) is 12.6 Å². The Morgan fingerprint density at radius 3 is 2.44 bits per heavy atom. The van der Waals surface area contributed by atoms with Crippen molar-refractivity contribution in [2.75, 3.05) is 12.4 Å². The van der Waals surface area contributed by atoms with Gasteiger partial charge >= 0.3 is 0 Å². The van der Waals surface area contributed by atoms with E-state index in [4.69, 9.17) is 14.7 Å². The molecule has 1 heterocycles. The number of nitrogens with one attached hydrogen (secondary N) is 1. The van der Waals surface area contributed by atoms with Crippen molar-refractivity contribution in [3.8, 4) is 17.1 Å². The van der Waals surface area contributed by atoms with Crippen LogP contribution in [0.4, 0.5) is 5.82 Å². The van der Waals surface area contributed by atoms with E-state index < -0.39 is 0 Å². The Kier molecular flexibility index (Phi) is 4.51. The van der Waals surface area contributed by atoms with Gasteiger partial charge in [-0.15, -0.1) is 0 Å². The molecule has 1 aliphatic rings. The highest BCUT2D eigenvalue weighted by atomic mass is 16.5. The first-order valence-electron chi connectivity index (χ1n) is 9.01. The highest BCUT2D eigenvalue weighted by Gasteiger charge is 2.16. The first-order chi connectivity index (χ1) is 12.3. The monoisotopic (exact) mass is 333 g/mol. The molecule has 0 amide bonds. The molecule has 1 aromatic heterocycles. The molecule has 0 spiro atoms. The normalized spacial score (nSPS) is 15.2. The fourth-order valence-corrected chi connectivity index (χ4v) is 3.50. The van der Waals surface area contributed by atoms with Crippen LogP contribution in [0.15, 0.2) is 48.5 Å². The minimum Gasteiger partial charge on any atom is -0.497 e. The minimum absolute atomic E-state index is 0.510. The number of ether oxygens (including phenoxy) is 1. The van der Waals surface area contributed by atoms with Gasteiger partial charge in [-0.05, 0) is 49.2 Å². The van der Waals surface area contributed by atoms with Gasteiger partial charge in [-0.1, -0.05) is 31.4 Å². The number of aromatic nitrogens is 2. The van der Waals surface area contributed by atoms with Gasteiger partial charge in [0.25, 0.3) is 0 Å². The highest BCUT2D eigenvalue weighted by molar-refractivity contribution is 5.90. The summed E-state index contributed by atoms with van der Waals surface area (Å²) in [6, 6.07) is 16.6. The zero-order chi connectivity index (χ0) is 17.1. The van der Waals surface area contributed by atoms with Crippen molar-refractivity contribution < 1.29 is 4.74 Å². The molecule has 0 atom stereocenters. The molecule has 1 fully saturated rings. The number of hydrogen-bond acceptors (Lipinski definition) is 4. The summed E-state index contributed by atoms with van der Waals surface area (Å²) >= 11 is 0. The molecule has 4 heteroatoms. The van der Waals surface area contributed by atoms with E-state index in [0.717, 1.165) is 33.9 Å². The summed E-state index contributed by atoms with van der Waals surface area (Å²) in [6.07, 6.45) is 6.38. The van der Waals surface area contributed by atoms with Gasteiger partial charge < -0.3 is 10.1 Å². The van der Waals surface area contributed by atoms with Crippen molar-refractivity contribution in [1.29, 1.82) is 0 Å². The first kappa shape index (κ1) is 15.9. The van der Waals surface area contributed by atoms with Crippen molar-refractivity contribution >= 4 is 16.7 Å². The largest absolute Gasteiger partial charge is 0.497 e. The maximum atomic E-state index is 5.25. The van der Waals surface area contributed by atoms with Crippen LogP contribution in [0.5, 0.6) is 5.75 Å². The van der Waals surface area contributed by atoms with Crippen LogP contribution in [0.2, 0.25) is 0 Å². The van der Waals surface area contributed by atoms with E-state index in [1.165, 1.54) is 32.1 Å². The number of hydrogen-bond donors (Lipinski definition) is 1. The molecular weight excluding hydrogens is 310 g/mol. The number of rotatable bonds is 4. The summed E-state index contributed by atoms with van der Waals surface area (Å²) in [4.78, 5) is 9.62. The lowest BCUT2D eigenvalue weighted by atomic mass is 9.95. The van der Waals surface area contributed by atoms with Gasteiger partial charge in [0.15, 0.2) is 5.82 Å². The second-order valence-electron chi connectivity index (χ2n) is 6.62. The maximum absolute atomic E-state index is 5.25. The van der Waals surface area contributed by atoms with Gasteiger partial charge in [0, 0.05) is 17.0 Å². The predicted molar refractivity (Wildman–Crippen MR) is 102 cm³/mol. The molecule has 0 radical (unpaired) electrons. The van der Waals surface area contributed by atoms with E-state index in [1.54, 1.807) is 7.11 Å². The van der Waals surface area contributed by atoms with Gasteiger partial charge in [0.1, 0.15) is 11.6 Å². The molecule has 4 rings (SSSR count). The van der Waals surface area contributed by atoms with Crippen LogP contribution in [-0.2, 0) is 0 Å². The van der Waals surface area contributed by atoms with Crippen molar-refractivity contribution in [1.82, 2.24) is 9.97 Å². The van der Waals surface area contributed by atoms with Gasteiger partial charge in [-0.25, -0.2) is 9.97 Å². The smallest absolute Gasteiger partial charge is 0.162 e. The molecule has 0 unspecified atom stereocenters. The third-order valence-electron chi connectivity index (χ3n) is 4.90. The third-order valence-corrected chi connectivity index (χ3v) is 4.90. The van der Waals surface area contributed by atoms with Crippen molar-refractivity contribution in [3.05, 3.63) is 48.5 Å². The lowest BCUT2D eigenvalue weighted by Crippen LogP contribution is -2.23. The predicted octanol–water partition coefficient (Wildman–Crippen LogP) is 5.05. The Bertz CT molecular complexity index is 855. The van der Waals surface area contributed by atoms with E-state index in [9.17, 15) is 0 Å². The zero-order valence-corrected chi connectivity index (χ0v) is 14.5. The van der Waals surface area contributed by atoms with Crippen LogP contribution in [0.1, 0.15) is 32.1 Å². The Hall–Kier alpha value is -2.62. The summed E-state index contributed by atoms with van der Waals surface area (Å²) in [7, 11) is 1.67. The molecular formula is C21H23N3O. The summed E-state index contributed by atoms with van der Waals surface area (Å²) < 4.78 is 5.25. The van der Waals surface area contributed by atoms with Crippen molar-refractivity contribution in [2.45, 2.75) is 38.1 Å². The highest BCUT2D eigenvalue weighted by Crippen LogP contribution is 2.28. The summed E-state index contributed by atoms with van der Waals surface area (Å²) in [5.74, 6) is 2.54. The van der Waals surface area contributed by atoms with Crippen LogP contribution in [0, 0.1) is 0 Å². The van der Waals surface area contributed by atoms with Gasteiger partial charge in [-0.2, -0.15) is 0 Å². The number of methoxy groups -OCH3 is 1. The lowest BCUT2D eigenvalue weighted by Gasteiger charge is -2.24. The molecule has 2 aromatic carbocycles. The molecule has 0 saturated heterocycles. The van der Waals surface area contributed by atoms with Gasteiger partial charge in [0.2, 0.25) is 0 Å². The molecule has 1 N–H and O–H groups in total. The van der Waals surface area contributed by atoms with Crippen LogP contribution in [0.25, 0.3) is 22.3 Å². The number of fused-ring (bicyclic) bond motifs is 1. The van der Waals surface area contributed by atoms with E-state index in [1.807, 2.05) is 36.4 Å². The fourth-order valence-electron chi connectivity index (χ4n) is 3.50. The average Bonchev–Trinajstić information content (AvgIpc) is 2.69. The molecule has 0 aliphatic heterocycles. The molecule has 25 heavy (non-hydrogen) atoms. The first-order valence-corrected chi connectivity index (χ1v) is 9.01. The van der Waals surface area contributed by atoms with Crippen LogP contribution in [0.3, 0.4) is 0 Å². The molecule has 3 aromatic rings. The number of nitrogens with zero attached hydrogens (tertiary/aromatic N) is 2. The molecule has 128 valence electrons. The molecule has 0 bridgehead atoms. The summed E-state index contributed by atoms with van der Waals surface area (Å²) in [5.41, 5.74) is 1.97. The van der Waals surface area contributed by atoms with E-state index in [-0.39, 0.29) is 0 Å². The number of para-hydroxylation sites is 1. The fraction of sp³-hybridized carbons (Fsp3) is 0.333. The quantitative estimate of drug-likeness (QED) is 0.726. The Balaban J connectivity index is 1.74. The Morgan fingerprint density at radius 1 is 0.920 bits per heavy atom. The average molecular weight is 333 g/mol. The summed E-state index contributed by atoms with van der Waals surface area (Å²) in [6.45, 7) is 0. The van der Waals surface area contributed by atoms with Crippen LogP contribution in [-0.4, -0.2) is 23.1 Å². The van der Waals surface area contributed by atoms with Crippen LogP contribution < -0.4 is 10.1 Å². The van der Waals surface area contributed by atoms with E-state index in [0.29, 0.717) is 6.04 Å². The second-order valence-corrected chi connectivity index (χ2v) is 6.62. The summed E-state index contributed by atoms with van der Waals surface area (Å²) in [5, 5.41) is 4.77. The maximum Gasteiger partial charge on any atom is 0.162 e. The van der Waals surface area contributed by atoms with Crippen LogP contribution >= 0.6 is 0 Å². The van der Waals surface area contributed by atoms with Crippen molar-refractivity contribution in [3.63, 3.8) is 0 Å². The number of anilines is 1. The Morgan fingerprint density at radius 2 is 1.68 bits per heavy atom.